The molecule has 10 aromatic carbocycles. The fraction of sp³-hybridized carbons (Fsp3) is 0.0909. The van der Waals surface area contributed by atoms with Crippen LogP contribution in [0.15, 0.2) is 208 Å². The van der Waals surface area contributed by atoms with Crippen LogP contribution in [-0.4, -0.2) is 118 Å². The number of nitro groups is 2. The predicted octanol–water partition coefficient (Wildman–Crippen LogP) is 19.2. The van der Waals surface area contributed by atoms with E-state index < -0.39 is 102 Å². The highest BCUT2D eigenvalue weighted by atomic mass is 79.9. The predicted molar refractivity (Wildman–Crippen MR) is 453 cm³/mol. The molecule has 1 saturated heterocycles. The molecule has 1 fully saturated rings. The first-order valence-electron chi connectivity index (χ1n) is 33.2. The molecule has 0 saturated carbocycles. The highest BCUT2D eigenvalue weighted by molar-refractivity contribution is 9.10. The molecule has 10 N–H and O–H groups in total. The van der Waals surface area contributed by atoms with Gasteiger partial charge in [-0.25, -0.2) is 44.0 Å². The number of nitrogen functional groups attached to an aromatic ring is 1. The molecule has 0 spiro atoms. The van der Waals surface area contributed by atoms with E-state index in [2.05, 4.69) is 30.7 Å². The molecule has 0 atom stereocenters. The van der Waals surface area contributed by atoms with E-state index in [1.165, 1.54) is 100 Å². The van der Waals surface area contributed by atoms with Crippen molar-refractivity contribution in [3.8, 4) is 65.8 Å². The number of nitrogens with zero attached hydrogens (tertiary/aromatic N) is 2. The lowest BCUT2D eigenvalue weighted by atomic mass is 9.89. The van der Waals surface area contributed by atoms with E-state index >= 15 is 0 Å². The lowest BCUT2D eigenvalue weighted by Gasteiger charge is -2.15. The summed E-state index contributed by atoms with van der Waals surface area (Å²) in [5, 5.41) is 82.8. The van der Waals surface area contributed by atoms with Gasteiger partial charge in [0.25, 0.3) is 19.1 Å². The summed E-state index contributed by atoms with van der Waals surface area (Å²) in [6.07, 6.45) is 1.39. The first-order valence-corrected chi connectivity index (χ1v) is 41.8. The Morgan fingerprint density at radius 1 is 0.521 bits per heavy atom. The molecule has 40 heteroatoms. The number of carbonyl (C=O) groups is 2. The summed E-state index contributed by atoms with van der Waals surface area (Å²) in [5.74, 6) is -6.39. The maximum absolute atomic E-state index is 14.9. The minimum absolute atomic E-state index is 0.0417. The van der Waals surface area contributed by atoms with Crippen LogP contribution in [0.5, 0.6) is 34.5 Å². The number of benzene rings is 10. The van der Waals surface area contributed by atoms with E-state index in [1.807, 2.05) is 109 Å². The number of nitro benzene ring substituents is 2. The van der Waals surface area contributed by atoms with Crippen LogP contribution in [0.25, 0.3) is 71.7 Å². The number of thiophene rings is 4. The Labute approximate surface area is 701 Å². The first kappa shape index (κ1) is 90.0. The Bertz CT molecular complexity index is 6190. The van der Waals surface area contributed by atoms with Crippen molar-refractivity contribution in [3.63, 3.8) is 0 Å². The number of aromatic carboxylic acids is 2. The molecule has 15 rings (SSSR count). The lowest BCUT2D eigenvalue weighted by Crippen LogP contribution is -2.29. The normalized spacial score (nSPS) is 11.4. The van der Waals surface area contributed by atoms with Crippen LogP contribution in [0.2, 0.25) is 10.0 Å². The van der Waals surface area contributed by atoms with Crippen LogP contribution in [0, 0.1) is 43.5 Å². The van der Waals surface area contributed by atoms with Crippen molar-refractivity contribution >= 4 is 201 Å². The Balaban J connectivity index is 0.000000164. The molecule has 4 aromatic heterocycles. The van der Waals surface area contributed by atoms with Gasteiger partial charge in [-0.2, -0.15) is 0 Å². The number of carboxylic acid groups (broad SMARTS) is 2. The van der Waals surface area contributed by atoms with Gasteiger partial charge in [-0.15, -0.1) is 45.3 Å². The molecule has 5 heterocycles. The van der Waals surface area contributed by atoms with Gasteiger partial charge in [0, 0.05) is 102 Å². The van der Waals surface area contributed by atoms with E-state index in [4.69, 9.17) is 69.0 Å². The molecule has 1 aliphatic rings. The van der Waals surface area contributed by atoms with Gasteiger partial charge in [0.05, 0.1) is 75.3 Å². The third-order valence-corrected chi connectivity index (χ3v) is 24.8. The van der Waals surface area contributed by atoms with E-state index in [1.54, 1.807) is 29.5 Å². The summed E-state index contributed by atoms with van der Waals surface area (Å²) in [5.41, 5.74) is 5.71. The average Bonchev–Trinajstić information content (AvgIpc) is 1.65. The third-order valence-electron chi connectivity index (χ3n) is 16.3. The summed E-state index contributed by atoms with van der Waals surface area (Å²) in [6, 6.07) is 51.2. The molecule has 0 unspecified atom stereocenters. The van der Waals surface area contributed by atoms with Gasteiger partial charge in [-0.3, -0.25) is 25.0 Å². The monoisotopic (exact) mass is 1840 g/mol. The topological polar surface area (TPSA) is 397 Å². The fourth-order valence-electron chi connectivity index (χ4n) is 10.4. The van der Waals surface area contributed by atoms with Gasteiger partial charge >= 0.3 is 30.4 Å². The van der Waals surface area contributed by atoms with Crippen LogP contribution >= 0.6 is 95.2 Å². The van der Waals surface area contributed by atoms with Gasteiger partial charge in [0.15, 0.2) is 23.0 Å². The molecule has 117 heavy (non-hydrogen) atoms. The molecule has 0 bridgehead atoms. The number of nitrogens with one attached hydrogen (secondary N) is 2. The molecule has 0 amide bonds. The second-order valence-corrected chi connectivity index (χ2v) is 34.2. The Hall–Kier alpha value is -10.9. The van der Waals surface area contributed by atoms with Crippen LogP contribution in [0.1, 0.15) is 27.1 Å². The highest BCUT2D eigenvalue weighted by Gasteiger charge is 2.28. The van der Waals surface area contributed by atoms with Crippen LogP contribution < -0.4 is 39.5 Å². The van der Waals surface area contributed by atoms with E-state index in [-0.39, 0.29) is 61.3 Å². The van der Waals surface area contributed by atoms with E-state index in [0.717, 1.165) is 93.8 Å². The van der Waals surface area contributed by atoms with Crippen molar-refractivity contribution < 1.29 is 103 Å². The molecule has 14 aromatic rings. The molecular weight excluding hydrogens is 1780 g/mol. The smallest absolute Gasteiger partial charge is 0.499 e. The highest BCUT2D eigenvalue weighted by Crippen LogP contribution is 2.44. The molecule has 0 radical (unpaired) electrons. The molecule has 1 aliphatic heterocycles. The second-order valence-electron chi connectivity index (χ2n) is 23.9. The van der Waals surface area contributed by atoms with E-state index in [9.17, 15) is 79.5 Å². The number of hydrogen-bond acceptors (Lipinski definition) is 24. The number of phenolic OH excluding ortho intramolecular Hbond substituents is 2. The molecule has 608 valence electrons. The summed E-state index contributed by atoms with van der Waals surface area (Å²) in [4.78, 5) is 42.7. The number of fused-ring (bicyclic) bond motifs is 4. The van der Waals surface area contributed by atoms with Crippen molar-refractivity contribution in [1.29, 1.82) is 0 Å². The van der Waals surface area contributed by atoms with Crippen molar-refractivity contribution in [3.05, 3.63) is 263 Å². The quantitative estimate of drug-likeness (QED) is 0.0108. The maximum atomic E-state index is 14.9. The zero-order valence-corrected chi connectivity index (χ0v) is 69.3. The van der Waals surface area contributed by atoms with Crippen LogP contribution in [0.3, 0.4) is 0 Å². The summed E-state index contributed by atoms with van der Waals surface area (Å²) in [6.45, 7) is 2.50. The van der Waals surface area contributed by atoms with Gasteiger partial charge < -0.3 is 60.5 Å². The zero-order chi connectivity index (χ0) is 85.5. The minimum Gasteiger partial charge on any atom is -0.505 e. The van der Waals surface area contributed by atoms with Gasteiger partial charge in [-0.1, -0.05) is 96.0 Å². The number of anilines is 2. The second kappa shape index (κ2) is 39.8. The Morgan fingerprint density at radius 2 is 0.872 bits per heavy atom. The lowest BCUT2D eigenvalue weighted by molar-refractivity contribution is -0.385. The number of aromatic hydroxyl groups is 2. The number of phenols is 2. The van der Waals surface area contributed by atoms with Gasteiger partial charge in [-0.05, 0) is 142 Å². The fourth-order valence-corrected chi connectivity index (χ4v) is 17.7. The molecular formula is C77H60BBrCl3F4N5O20S6. The van der Waals surface area contributed by atoms with Gasteiger partial charge in [0.2, 0.25) is 0 Å². The van der Waals surface area contributed by atoms with Crippen molar-refractivity contribution in [1.82, 2.24) is 5.32 Å². The number of halogens is 8. The largest absolute Gasteiger partial charge is 0.505 e. The van der Waals surface area contributed by atoms with E-state index in [0.29, 0.717) is 31.5 Å². The SMILES string of the molecule is C1CNC1.COc1cc(F)c(-c2cc3ccccc3s2)cc1N.COc1cc(F)c(-c2cc3ccccc3s2)cc1NS(=O)(=O)c1cc(C(=O)O)cc(Cl)c1O.COc1cc(F)c(-c2cc3ccccc3s2)cc1[N+](=O)[O-].COc1cc(F)c(Br)cc1[N+](=O)[O-].O=C(O)c1cc(Cl)c(O)c(S(=O)(=O)Cl)c1.OB(O)c1cc2ccccc2s1. The first-order chi connectivity index (χ1) is 55.4. The molecule has 0 aliphatic carbocycles. The summed E-state index contributed by atoms with van der Waals surface area (Å²) < 4.78 is 131. The number of sulfonamides is 1. The zero-order valence-electron chi connectivity index (χ0n) is 60.5. The Morgan fingerprint density at radius 3 is 1.25 bits per heavy atom. The number of ether oxygens (including phenoxy) is 4. The third kappa shape index (κ3) is 22.6. The van der Waals surface area contributed by atoms with Crippen molar-refractivity contribution in [2.45, 2.75) is 16.2 Å². The number of hydrogen-bond donors (Lipinski definition) is 9. The number of nitrogens with two attached hydrogens (primary N) is 1. The van der Waals surface area contributed by atoms with Crippen molar-refractivity contribution in [2.24, 2.45) is 0 Å². The maximum Gasteiger partial charge on any atom is 0.499 e. The average molecular weight is 1840 g/mol. The van der Waals surface area contributed by atoms with Gasteiger partial charge in [0.1, 0.15) is 44.6 Å². The summed E-state index contributed by atoms with van der Waals surface area (Å²) in [7, 11) is 0.0941. The minimum atomic E-state index is -4.54. The standard InChI is InChI=1S/C22H15ClFNO6S2.C15H10FNO3S.C15H12FNOS.C8H7BO2S.C7H5BrFNO3.C7H4Cl2O5S.C3H7N/c1-31-17-10-15(24)13(19-7-11-4-2-3-5-18(11)32-19)9-16(17)25-33(29,30)20-8-12(22(27)28)6-14(23)21(20)26;1-20-13-8-11(16)10(7-12(13)17(18)19)15-6-9-4-2-3-5-14(9)21-15;1-18-13-8-11(16)10(7-12(13)17)15-6-9-4-2-3-5-14(9)19-15;10-9(11)8-5-6-3-1-2-4-7(6)12-8;1-13-7-3-5(9)4(8)2-6(7)10(11)12;8-4-1-3(7(11)12)2-5(6(4)10)15(9,13)14;1-2-4-3-1/h2-10,25-26H,1H3,(H,27,28);2-8H,1H3;2-8H,17H2,1H3;1-5,10-11H;2-3H,1H3;1-2,10H,(H,11,12);4H,1-3H2. The van der Waals surface area contributed by atoms with Crippen molar-refractivity contribution in [2.75, 3.05) is 52.0 Å². The van der Waals surface area contributed by atoms with Crippen LogP contribution in [-0.2, 0) is 19.1 Å². The number of methoxy groups -OCH3 is 4. The number of rotatable bonds is 16. The summed E-state index contributed by atoms with van der Waals surface area (Å²) >= 11 is 19.8. The molecule has 25 nitrogen and oxygen atoms in total. The number of carboxylic acids is 2. The Kier molecular flexibility index (Phi) is 30.6. The van der Waals surface area contributed by atoms with Crippen LogP contribution in [0.4, 0.5) is 40.3 Å².